The second kappa shape index (κ2) is 9.84. The SMILES string of the molecule is CCOc1cn(-c2ccc(-n3cccn3)cc2F)nc(-c2ccnn2-c2cccc(OC(F)(F)F)c2)c1=O. The molecule has 3 aromatic heterocycles. The Kier molecular flexibility index (Phi) is 6.41. The van der Waals surface area contributed by atoms with Crippen molar-refractivity contribution in [3.05, 3.63) is 95.4 Å². The van der Waals surface area contributed by atoms with Crippen molar-refractivity contribution in [1.82, 2.24) is 29.3 Å². The Balaban J connectivity index is 1.61. The van der Waals surface area contributed by atoms with E-state index >= 15 is 4.39 Å². The molecule has 0 bridgehead atoms. The normalized spacial score (nSPS) is 11.5. The maximum atomic E-state index is 15.2. The van der Waals surface area contributed by atoms with E-state index in [1.807, 2.05) is 0 Å². The Bertz CT molecular complexity index is 1640. The van der Waals surface area contributed by atoms with Crippen LogP contribution in [0.3, 0.4) is 0 Å². The van der Waals surface area contributed by atoms with Gasteiger partial charge in [-0.2, -0.15) is 15.3 Å². The second-order valence-corrected chi connectivity index (χ2v) is 7.81. The summed E-state index contributed by atoms with van der Waals surface area (Å²) < 4.78 is 66.7. The molecule has 2 aromatic carbocycles. The van der Waals surface area contributed by atoms with Crippen molar-refractivity contribution in [2.24, 2.45) is 0 Å². The van der Waals surface area contributed by atoms with Gasteiger partial charge >= 0.3 is 6.36 Å². The minimum atomic E-state index is -4.89. The van der Waals surface area contributed by atoms with Gasteiger partial charge in [-0.05, 0) is 43.3 Å². The van der Waals surface area contributed by atoms with Gasteiger partial charge in [0, 0.05) is 24.5 Å². The summed E-state index contributed by atoms with van der Waals surface area (Å²) in [6.07, 6.45) is 0.950. The monoisotopic (exact) mass is 526 g/mol. The van der Waals surface area contributed by atoms with Crippen LogP contribution in [-0.4, -0.2) is 42.3 Å². The van der Waals surface area contributed by atoms with Crippen molar-refractivity contribution >= 4 is 0 Å². The number of alkyl halides is 3. The topological polar surface area (TPSA) is 89.0 Å². The lowest BCUT2D eigenvalue weighted by Crippen LogP contribution is -2.19. The van der Waals surface area contributed by atoms with Crippen LogP contribution in [0.5, 0.6) is 11.5 Å². The van der Waals surface area contributed by atoms with Crippen LogP contribution in [-0.2, 0) is 0 Å². The lowest BCUT2D eigenvalue weighted by atomic mass is 10.2. The van der Waals surface area contributed by atoms with Crippen molar-refractivity contribution in [2.45, 2.75) is 13.3 Å². The number of hydrogen-bond donors (Lipinski definition) is 0. The summed E-state index contributed by atoms with van der Waals surface area (Å²) in [6.45, 7) is 1.83. The average Bonchev–Trinajstić information content (AvgIpc) is 3.57. The highest BCUT2D eigenvalue weighted by atomic mass is 19.4. The van der Waals surface area contributed by atoms with E-state index in [0.29, 0.717) is 5.69 Å². The van der Waals surface area contributed by atoms with Crippen molar-refractivity contribution in [3.63, 3.8) is 0 Å². The van der Waals surface area contributed by atoms with Gasteiger partial charge in [0.2, 0.25) is 0 Å². The fourth-order valence-electron chi connectivity index (χ4n) is 3.76. The van der Waals surface area contributed by atoms with E-state index in [0.717, 1.165) is 16.8 Å². The zero-order valence-electron chi connectivity index (χ0n) is 19.6. The molecule has 0 spiro atoms. The quantitative estimate of drug-likeness (QED) is 0.286. The van der Waals surface area contributed by atoms with Gasteiger partial charge in [0.1, 0.15) is 11.4 Å². The molecule has 0 aliphatic carbocycles. The van der Waals surface area contributed by atoms with E-state index in [1.54, 1.807) is 31.5 Å². The highest BCUT2D eigenvalue weighted by Gasteiger charge is 2.31. The molecule has 0 radical (unpaired) electrons. The summed E-state index contributed by atoms with van der Waals surface area (Å²) in [5, 5.41) is 12.6. The summed E-state index contributed by atoms with van der Waals surface area (Å²) in [5.74, 6) is -1.22. The third kappa shape index (κ3) is 4.98. The Morgan fingerprint density at radius 1 is 0.947 bits per heavy atom. The fourth-order valence-corrected chi connectivity index (χ4v) is 3.76. The van der Waals surface area contributed by atoms with E-state index in [4.69, 9.17) is 4.74 Å². The van der Waals surface area contributed by atoms with Gasteiger partial charge in [-0.15, -0.1) is 13.2 Å². The molecule has 0 aliphatic heterocycles. The van der Waals surface area contributed by atoms with Gasteiger partial charge in [0.05, 0.1) is 36.1 Å². The molecule has 0 N–H and O–H groups in total. The molecule has 0 fully saturated rings. The molecular weight excluding hydrogens is 508 g/mol. The van der Waals surface area contributed by atoms with E-state index in [2.05, 4.69) is 20.0 Å². The zero-order chi connectivity index (χ0) is 26.9. The highest BCUT2D eigenvalue weighted by molar-refractivity contribution is 5.60. The standard InChI is InChI=1S/C25H18F4N6O3/c1-2-37-22-15-34(20-8-7-16(14-19(20)26)33-12-4-10-30-33)32-23(24(22)36)21-9-11-31-35(21)17-5-3-6-18(13-17)38-25(27,28)29/h3-15H,2H2,1H3. The third-order valence-corrected chi connectivity index (χ3v) is 5.31. The van der Waals surface area contributed by atoms with Gasteiger partial charge in [-0.25, -0.2) is 18.4 Å². The smallest absolute Gasteiger partial charge is 0.488 e. The lowest BCUT2D eigenvalue weighted by Gasteiger charge is -2.14. The zero-order valence-corrected chi connectivity index (χ0v) is 19.6. The highest BCUT2D eigenvalue weighted by Crippen LogP contribution is 2.27. The Hall–Kier alpha value is -4.94. The van der Waals surface area contributed by atoms with Gasteiger partial charge in [-0.3, -0.25) is 4.79 Å². The molecule has 0 atom stereocenters. The van der Waals surface area contributed by atoms with Crippen molar-refractivity contribution < 1.29 is 27.0 Å². The second-order valence-electron chi connectivity index (χ2n) is 7.81. The minimum Gasteiger partial charge on any atom is -0.488 e. The van der Waals surface area contributed by atoms with E-state index in [-0.39, 0.29) is 35.1 Å². The Labute approximate surface area is 212 Å². The predicted molar refractivity (Wildman–Crippen MR) is 127 cm³/mol. The molecule has 0 aliphatic rings. The van der Waals surface area contributed by atoms with Crippen LogP contribution in [0.1, 0.15) is 6.92 Å². The van der Waals surface area contributed by atoms with E-state index in [1.165, 1.54) is 52.1 Å². The molecule has 5 aromatic rings. The number of hydrogen-bond acceptors (Lipinski definition) is 6. The minimum absolute atomic E-state index is 0.0229. The van der Waals surface area contributed by atoms with E-state index < -0.39 is 23.4 Å². The fraction of sp³-hybridized carbons (Fsp3) is 0.120. The van der Waals surface area contributed by atoms with Crippen LogP contribution in [0.25, 0.3) is 28.5 Å². The summed E-state index contributed by atoms with van der Waals surface area (Å²) in [4.78, 5) is 13.3. The lowest BCUT2D eigenvalue weighted by molar-refractivity contribution is -0.274. The number of halogens is 4. The first-order chi connectivity index (χ1) is 18.2. The first-order valence-electron chi connectivity index (χ1n) is 11.2. The van der Waals surface area contributed by atoms with Gasteiger partial charge in [0.15, 0.2) is 17.3 Å². The summed E-state index contributed by atoms with van der Waals surface area (Å²) in [5.41, 5.74) is 0.0442. The van der Waals surface area contributed by atoms with Crippen molar-refractivity contribution in [2.75, 3.05) is 6.61 Å². The predicted octanol–water partition coefficient (Wildman–Crippen LogP) is 4.71. The summed E-state index contributed by atoms with van der Waals surface area (Å²) in [7, 11) is 0. The molecule has 3 heterocycles. The maximum absolute atomic E-state index is 15.2. The molecule has 0 saturated heterocycles. The first-order valence-corrected chi connectivity index (χ1v) is 11.2. The number of nitrogens with zero attached hydrogens (tertiary/aromatic N) is 6. The molecule has 0 amide bonds. The third-order valence-electron chi connectivity index (χ3n) is 5.31. The Morgan fingerprint density at radius 3 is 2.50 bits per heavy atom. The molecule has 5 rings (SSSR count). The number of benzene rings is 2. The number of rotatable bonds is 7. The van der Waals surface area contributed by atoms with Crippen molar-refractivity contribution in [1.29, 1.82) is 0 Å². The van der Waals surface area contributed by atoms with Gasteiger partial charge < -0.3 is 9.47 Å². The van der Waals surface area contributed by atoms with Crippen LogP contribution < -0.4 is 14.9 Å². The largest absolute Gasteiger partial charge is 0.573 e. The molecule has 0 unspecified atom stereocenters. The molecule has 13 heteroatoms. The van der Waals surface area contributed by atoms with Crippen molar-refractivity contribution in [3.8, 4) is 39.9 Å². The molecule has 38 heavy (non-hydrogen) atoms. The maximum Gasteiger partial charge on any atom is 0.573 e. The van der Waals surface area contributed by atoms with Crippen LogP contribution >= 0.6 is 0 Å². The van der Waals surface area contributed by atoms with Crippen LogP contribution in [0.15, 0.2) is 84.2 Å². The summed E-state index contributed by atoms with van der Waals surface area (Å²) >= 11 is 0. The average molecular weight is 526 g/mol. The number of ether oxygens (including phenoxy) is 2. The summed E-state index contributed by atoms with van der Waals surface area (Å²) in [6, 6.07) is 12.6. The molecular formula is C25H18F4N6O3. The molecule has 194 valence electrons. The van der Waals surface area contributed by atoms with E-state index in [9.17, 15) is 18.0 Å². The first kappa shape index (κ1) is 24.7. The van der Waals surface area contributed by atoms with Gasteiger partial charge in [-0.1, -0.05) is 6.07 Å². The van der Waals surface area contributed by atoms with Crippen LogP contribution in [0, 0.1) is 5.82 Å². The molecule has 9 nitrogen and oxygen atoms in total. The number of aromatic nitrogens is 6. The Morgan fingerprint density at radius 2 is 1.79 bits per heavy atom. The van der Waals surface area contributed by atoms with Gasteiger partial charge in [0.25, 0.3) is 5.43 Å². The van der Waals surface area contributed by atoms with Crippen LogP contribution in [0.2, 0.25) is 0 Å². The van der Waals surface area contributed by atoms with Crippen LogP contribution in [0.4, 0.5) is 17.6 Å². The molecule has 0 saturated carbocycles.